The van der Waals surface area contributed by atoms with E-state index in [2.05, 4.69) is 20.8 Å². The number of rotatable bonds is 11. The van der Waals surface area contributed by atoms with Crippen LogP contribution in [0.25, 0.3) is 0 Å². The summed E-state index contributed by atoms with van der Waals surface area (Å²) in [4.78, 5) is 37.9. The van der Waals surface area contributed by atoms with Crippen LogP contribution in [0.15, 0.2) is 4.52 Å². The van der Waals surface area contributed by atoms with Gasteiger partial charge in [0.2, 0.25) is 5.89 Å². The number of carboxylic acid groups (broad SMARTS) is 2. The number of hydrogen-bond donors (Lipinski definition) is 7. The molecule has 13 nitrogen and oxygen atoms in total. The minimum absolute atomic E-state index is 0.0359. The van der Waals surface area contributed by atoms with E-state index in [9.17, 15) is 19.5 Å². The molecule has 8 N–H and O–H groups in total. The van der Waals surface area contributed by atoms with E-state index in [4.69, 9.17) is 25.6 Å². The van der Waals surface area contributed by atoms with E-state index in [1.807, 2.05) is 0 Å². The lowest BCUT2D eigenvalue weighted by Crippen LogP contribution is -2.47. The fourth-order valence-electron chi connectivity index (χ4n) is 2.01. The average Bonchev–Trinajstić information content (AvgIpc) is 3.06. The van der Waals surface area contributed by atoms with Gasteiger partial charge in [-0.2, -0.15) is 4.98 Å². The van der Waals surface area contributed by atoms with Crippen LogP contribution in [-0.4, -0.2) is 67.3 Å². The molecule has 0 aromatic carbocycles. The van der Waals surface area contributed by atoms with Crippen LogP contribution in [0.3, 0.4) is 0 Å². The molecule has 13 heteroatoms. The summed E-state index contributed by atoms with van der Waals surface area (Å²) in [7, 11) is 0. The number of carboxylic acids is 2. The Morgan fingerprint density at radius 3 is 2.41 bits per heavy atom. The van der Waals surface area contributed by atoms with Crippen LogP contribution in [0.1, 0.15) is 50.0 Å². The van der Waals surface area contributed by atoms with Gasteiger partial charge in [0.05, 0.1) is 12.1 Å². The Morgan fingerprint density at radius 2 is 1.89 bits per heavy atom. The molecular formula is C14H23N5O8. The van der Waals surface area contributed by atoms with Crippen molar-refractivity contribution in [1.29, 1.82) is 0 Å². The van der Waals surface area contributed by atoms with Gasteiger partial charge in [-0.1, -0.05) is 5.16 Å². The molecule has 0 radical (unpaired) electrons. The largest absolute Gasteiger partial charge is 0.481 e. The average molecular weight is 389 g/mol. The second kappa shape index (κ2) is 10.4. The molecule has 4 atom stereocenters. The molecule has 0 aliphatic heterocycles. The molecule has 0 saturated heterocycles. The second-order valence-electron chi connectivity index (χ2n) is 5.76. The zero-order chi connectivity index (χ0) is 20.6. The maximum absolute atomic E-state index is 12.0. The van der Waals surface area contributed by atoms with Crippen LogP contribution in [-0.2, 0) is 9.59 Å². The Kier molecular flexibility index (Phi) is 8.58. The normalized spacial score (nSPS) is 15.4. The summed E-state index contributed by atoms with van der Waals surface area (Å²) in [5.74, 6) is -2.66. The van der Waals surface area contributed by atoms with Gasteiger partial charge in [0.25, 0.3) is 0 Å². The second-order valence-corrected chi connectivity index (χ2v) is 5.76. The van der Waals surface area contributed by atoms with Gasteiger partial charge in [-0.05, 0) is 13.3 Å². The number of nitrogens with zero attached hydrogens (tertiary/aromatic N) is 2. The number of aliphatic carboxylic acids is 2. The highest BCUT2D eigenvalue weighted by Gasteiger charge is 2.27. The highest BCUT2D eigenvalue weighted by Crippen LogP contribution is 2.19. The maximum atomic E-state index is 12.0. The highest BCUT2D eigenvalue weighted by atomic mass is 16.5. The summed E-state index contributed by atoms with van der Waals surface area (Å²) in [6, 6.07) is -4.24. The van der Waals surface area contributed by atoms with Gasteiger partial charge in [0, 0.05) is 19.4 Å². The van der Waals surface area contributed by atoms with Crippen LogP contribution in [0, 0.1) is 0 Å². The number of nitrogens with one attached hydrogen (secondary N) is 2. The quantitative estimate of drug-likeness (QED) is 0.230. The van der Waals surface area contributed by atoms with Crippen molar-refractivity contribution in [3.8, 4) is 0 Å². The minimum atomic E-state index is -1.34. The molecule has 1 aromatic heterocycles. The van der Waals surface area contributed by atoms with E-state index in [1.54, 1.807) is 0 Å². The van der Waals surface area contributed by atoms with Crippen LogP contribution in [0.5, 0.6) is 0 Å². The summed E-state index contributed by atoms with van der Waals surface area (Å²) in [5, 5.41) is 44.2. The number of carbonyl (C=O) groups is 3. The summed E-state index contributed by atoms with van der Waals surface area (Å²) >= 11 is 0. The lowest BCUT2D eigenvalue weighted by molar-refractivity contribution is -0.139. The SMILES string of the molecule is CC(O)[C@H](N)c1noc([C@H](CCC(=O)O)NC(=O)N[C@@H](CCO)C(=O)O)n1. The maximum Gasteiger partial charge on any atom is 0.326 e. The third-order valence-electron chi connectivity index (χ3n) is 3.55. The number of amides is 2. The summed E-state index contributed by atoms with van der Waals surface area (Å²) < 4.78 is 4.99. The molecule has 1 aromatic rings. The summed E-state index contributed by atoms with van der Waals surface area (Å²) in [5.41, 5.74) is 5.69. The van der Waals surface area contributed by atoms with Crippen molar-refractivity contribution in [3.05, 3.63) is 11.7 Å². The van der Waals surface area contributed by atoms with Gasteiger partial charge in [-0.3, -0.25) is 4.79 Å². The van der Waals surface area contributed by atoms with Gasteiger partial charge in [-0.15, -0.1) is 0 Å². The summed E-state index contributed by atoms with van der Waals surface area (Å²) in [6.07, 6.45) is -1.65. The fourth-order valence-corrected chi connectivity index (χ4v) is 2.01. The number of aliphatic hydroxyl groups excluding tert-OH is 2. The van der Waals surface area contributed by atoms with Crippen molar-refractivity contribution >= 4 is 18.0 Å². The third-order valence-corrected chi connectivity index (χ3v) is 3.55. The van der Waals surface area contributed by atoms with Crippen LogP contribution in [0.2, 0.25) is 0 Å². The molecular weight excluding hydrogens is 366 g/mol. The van der Waals surface area contributed by atoms with E-state index in [1.165, 1.54) is 6.92 Å². The molecule has 0 fully saturated rings. The molecule has 0 spiro atoms. The van der Waals surface area contributed by atoms with Gasteiger partial charge in [0.15, 0.2) is 5.82 Å². The lowest BCUT2D eigenvalue weighted by Gasteiger charge is -2.18. The molecule has 1 heterocycles. The molecule has 2 amide bonds. The van der Waals surface area contributed by atoms with Crippen molar-refractivity contribution in [1.82, 2.24) is 20.8 Å². The van der Waals surface area contributed by atoms with Crippen molar-refractivity contribution in [2.24, 2.45) is 5.73 Å². The molecule has 152 valence electrons. The molecule has 27 heavy (non-hydrogen) atoms. The Morgan fingerprint density at radius 1 is 1.22 bits per heavy atom. The van der Waals surface area contributed by atoms with Crippen LogP contribution < -0.4 is 16.4 Å². The number of hydrogen-bond acceptors (Lipinski definition) is 9. The van der Waals surface area contributed by atoms with E-state index in [-0.39, 0.29) is 31.0 Å². The number of aromatic nitrogens is 2. The van der Waals surface area contributed by atoms with Gasteiger partial charge >= 0.3 is 18.0 Å². The monoisotopic (exact) mass is 389 g/mol. The Balaban J connectivity index is 2.89. The van der Waals surface area contributed by atoms with Crippen LogP contribution in [0.4, 0.5) is 4.79 Å². The van der Waals surface area contributed by atoms with Crippen molar-refractivity contribution in [3.63, 3.8) is 0 Å². The molecule has 0 saturated carbocycles. The first-order valence-electron chi connectivity index (χ1n) is 8.05. The molecule has 1 rings (SSSR count). The minimum Gasteiger partial charge on any atom is -0.481 e. The third kappa shape index (κ3) is 7.16. The molecule has 0 aliphatic carbocycles. The Hall–Kier alpha value is -2.77. The van der Waals surface area contributed by atoms with E-state index in [0.717, 1.165) is 0 Å². The standard InChI is InChI=1S/C14H23N5O8/c1-6(21)10(15)11-18-12(27-19-11)7(2-3-9(22)23)16-14(26)17-8(4-5-20)13(24)25/h6-8,10,20-21H,2-5,15H2,1H3,(H,22,23)(H,24,25)(H2,16,17,26)/t6?,7-,8-,10-/m0/s1. The van der Waals surface area contributed by atoms with Crippen molar-refractivity contribution in [2.45, 2.75) is 50.4 Å². The molecule has 1 unspecified atom stereocenters. The van der Waals surface area contributed by atoms with Crippen LogP contribution >= 0.6 is 0 Å². The molecule has 0 bridgehead atoms. The Labute approximate surface area is 153 Å². The Bertz CT molecular complexity index is 649. The fraction of sp³-hybridized carbons (Fsp3) is 0.643. The number of aliphatic hydroxyl groups is 2. The van der Waals surface area contributed by atoms with Gasteiger partial charge < -0.3 is 41.3 Å². The first-order chi connectivity index (χ1) is 12.6. The summed E-state index contributed by atoms with van der Waals surface area (Å²) in [6.45, 7) is 0.964. The van der Waals surface area contributed by atoms with E-state index < -0.39 is 48.8 Å². The number of nitrogens with two attached hydrogens (primary N) is 1. The number of carbonyl (C=O) groups excluding carboxylic acids is 1. The zero-order valence-corrected chi connectivity index (χ0v) is 14.5. The van der Waals surface area contributed by atoms with E-state index in [0.29, 0.717) is 0 Å². The first kappa shape index (κ1) is 22.3. The first-order valence-corrected chi connectivity index (χ1v) is 8.05. The topological polar surface area (TPSA) is 221 Å². The van der Waals surface area contributed by atoms with Crippen molar-refractivity contribution in [2.75, 3.05) is 6.61 Å². The van der Waals surface area contributed by atoms with Gasteiger partial charge in [-0.25, -0.2) is 9.59 Å². The predicted octanol–water partition coefficient (Wildman–Crippen LogP) is -1.51. The smallest absolute Gasteiger partial charge is 0.326 e. The predicted molar refractivity (Wildman–Crippen MR) is 87.3 cm³/mol. The zero-order valence-electron chi connectivity index (χ0n) is 14.5. The number of urea groups is 1. The lowest BCUT2D eigenvalue weighted by atomic mass is 10.1. The van der Waals surface area contributed by atoms with Crippen molar-refractivity contribution < 1.29 is 39.3 Å². The molecule has 0 aliphatic rings. The highest BCUT2D eigenvalue weighted by molar-refractivity contribution is 5.82. The van der Waals surface area contributed by atoms with Gasteiger partial charge in [0.1, 0.15) is 12.1 Å². The van der Waals surface area contributed by atoms with E-state index >= 15 is 0 Å².